The summed E-state index contributed by atoms with van der Waals surface area (Å²) in [6.45, 7) is 4.69. The molecule has 0 saturated carbocycles. The highest BCUT2D eigenvalue weighted by molar-refractivity contribution is 6.11. The van der Waals surface area contributed by atoms with Gasteiger partial charge in [-0.25, -0.2) is 4.98 Å². The van der Waals surface area contributed by atoms with Gasteiger partial charge < -0.3 is 23.2 Å². The van der Waals surface area contributed by atoms with E-state index in [-0.39, 0.29) is 6.61 Å². The van der Waals surface area contributed by atoms with E-state index < -0.39 is 11.8 Å². The van der Waals surface area contributed by atoms with Gasteiger partial charge >= 0.3 is 0 Å². The van der Waals surface area contributed by atoms with Crippen molar-refractivity contribution in [2.45, 2.75) is 33.4 Å². The third kappa shape index (κ3) is 6.15. The summed E-state index contributed by atoms with van der Waals surface area (Å²) < 4.78 is 26.2. The molecule has 9 heteroatoms. The first kappa shape index (κ1) is 29.6. The predicted molar refractivity (Wildman–Crippen MR) is 173 cm³/mol. The minimum Gasteiger partial charge on any atom is -0.493 e. The molecule has 2 aromatic heterocycles. The Balaban J connectivity index is 1.23. The van der Waals surface area contributed by atoms with Gasteiger partial charge in [-0.3, -0.25) is 4.79 Å². The number of carbonyl (C=O) groups excluding carboxylic acids is 1. The zero-order chi connectivity index (χ0) is 31.3. The molecule has 0 aliphatic heterocycles. The number of rotatable bonds is 12. The first-order chi connectivity index (χ1) is 22.0. The smallest absolute Gasteiger partial charge is 0.289 e. The van der Waals surface area contributed by atoms with Gasteiger partial charge in [-0.05, 0) is 61.4 Å². The topological polar surface area (TPSA) is 105 Å². The minimum absolute atomic E-state index is 0.242. The second-order valence-corrected chi connectivity index (χ2v) is 10.9. The van der Waals surface area contributed by atoms with Crippen molar-refractivity contribution >= 4 is 27.7 Å². The number of nitroso groups, excluding NO2 is 1. The molecule has 0 bridgehead atoms. The molecule has 2 heterocycles. The number of aryl methyl sites for hydroxylation is 1. The summed E-state index contributed by atoms with van der Waals surface area (Å²) in [5, 5.41) is 4.59. The van der Waals surface area contributed by atoms with Gasteiger partial charge in [0, 0.05) is 39.5 Å². The molecule has 228 valence electrons. The van der Waals surface area contributed by atoms with Crippen LogP contribution in [0.15, 0.2) is 101 Å². The summed E-state index contributed by atoms with van der Waals surface area (Å²) in [6, 6.07) is 29.9. The number of benzene rings is 4. The lowest BCUT2D eigenvalue weighted by Crippen LogP contribution is -2.11. The van der Waals surface area contributed by atoms with Crippen LogP contribution in [0.25, 0.3) is 33.3 Å². The molecule has 0 saturated heterocycles. The Morgan fingerprint density at radius 2 is 1.69 bits per heavy atom. The number of amides is 1. The maximum absolute atomic E-state index is 11.6. The Bertz CT molecular complexity index is 1980. The molecule has 6 aromatic rings. The minimum atomic E-state index is -0.661. The van der Waals surface area contributed by atoms with Gasteiger partial charge in [-0.15, -0.1) is 4.91 Å². The van der Waals surface area contributed by atoms with E-state index in [1.807, 2.05) is 79.7 Å². The van der Waals surface area contributed by atoms with Crippen molar-refractivity contribution in [1.29, 1.82) is 0 Å². The highest BCUT2D eigenvalue weighted by Crippen LogP contribution is 2.37. The molecule has 45 heavy (non-hydrogen) atoms. The van der Waals surface area contributed by atoms with Gasteiger partial charge in [0.15, 0.2) is 11.5 Å². The van der Waals surface area contributed by atoms with Gasteiger partial charge in [0.05, 0.1) is 19.2 Å². The first-order valence-electron chi connectivity index (χ1n) is 14.8. The lowest BCUT2D eigenvalue weighted by Gasteiger charge is -2.13. The fourth-order valence-corrected chi connectivity index (χ4v) is 5.44. The third-order valence-corrected chi connectivity index (χ3v) is 7.93. The number of hydrogen-bond acceptors (Lipinski definition) is 7. The molecule has 1 amide bonds. The standard InChI is InChI=1S/C36H33N3O6/c1-23(35(40)38-41)18-19-43-32-15-9-14-30-34(32)27-12-7-8-13-29(27)39(30)21-25-16-17-31(33(20-25)42-3)44-22-28-24(2)45-36(37-28)26-10-5-4-6-11-26/h4-17,20,23H,18-19,21-22H2,1-3H3. The van der Waals surface area contributed by atoms with Gasteiger partial charge in [0.1, 0.15) is 23.8 Å². The normalized spacial score (nSPS) is 11.9. The Morgan fingerprint density at radius 1 is 0.911 bits per heavy atom. The molecule has 1 unspecified atom stereocenters. The quantitative estimate of drug-likeness (QED) is 0.130. The van der Waals surface area contributed by atoms with E-state index in [4.69, 9.17) is 18.6 Å². The second kappa shape index (κ2) is 13.1. The number of fused-ring (bicyclic) bond motifs is 3. The van der Waals surface area contributed by atoms with Crippen LogP contribution in [0.3, 0.4) is 0 Å². The summed E-state index contributed by atoms with van der Waals surface area (Å²) in [6.07, 6.45) is 0.401. The zero-order valence-electron chi connectivity index (χ0n) is 25.4. The number of ether oxygens (including phenoxy) is 3. The number of methoxy groups -OCH3 is 1. The molecular weight excluding hydrogens is 570 g/mol. The number of oxazole rings is 1. The summed E-state index contributed by atoms with van der Waals surface area (Å²) in [4.78, 5) is 26.8. The average Bonchev–Trinajstić information content (AvgIpc) is 3.61. The number of hydrogen-bond donors (Lipinski definition) is 0. The summed E-state index contributed by atoms with van der Waals surface area (Å²) >= 11 is 0. The van der Waals surface area contributed by atoms with E-state index >= 15 is 0 Å². The highest BCUT2D eigenvalue weighted by atomic mass is 16.5. The van der Waals surface area contributed by atoms with E-state index in [1.54, 1.807) is 14.0 Å². The molecule has 6 rings (SSSR count). The Labute approximate surface area is 260 Å². The second-order valence-electron chi connectivity index (χ2n) is 10.9. The molecule has 4 aromatic carbocycles. The van der Waals surface area contributed by atoms with E-state index in [9.17, 15) is 9.70 Å². The maximum atomic E-state index is 11.6. The van der Waals surface area contributed by atoms with E-state index in [0.717, 1.165) is 44.4 Å². The summed E-state index contributed by atoms with van der Waals surface area (Å²) in [7, 11) is 1.63. The molecular formula is C36H33N3O6. The number of nitrogens with zero attached hydrogens (tertiary/aromatic N) is 3. The summed E-state index contributed by atoms with van der Waals surface area (Å²) in [5.74, 6) is 2.08. The maximum Gasteiger partial charge on any atom is 0.289 e. The summed E-state index contributed by atoms with van der Waals surface area (Å²) in [5.41, 5.74) is 4.75. The van der Waals surface area contributed by atoms with Crippen LogP contribution in [0.4, 0.5) is 0 Å². The Morgan fingerprint density at radius 3 is 2.49 bits per heavy atom. The van der Waals surface area contributed by atoms with Crippen LogP contribution >= 0.6 is 0 Å². The van der Waals surface area contributed by atoms with Crippen LogP contribution < -0.4 is 14.2 Å². The molecule has 1 atom stereocenters. The van der Waals surface area contributed by atoms with Crippen molar-refractivity contribution < 1.29 is 23.4 Å². The largest absolute Gasteiger partial charge is 0.493 e. The molecule has 0 aliphatic rings. The molecule has 0 spiro atoms. The lowest BCUT2D eigenvalue weighted by molar-refractivity contribution is -0.121. The third-order valence-electron chi connectivity index (χ3n) is 7.93. The van der Waals surface area contributed by atoms with Crippen LogP contribution in [0, 0.1) is 17.7 Å². The predicted octanol–water partition coefficient (Wildman–Crippen LogP) is 8.09. The van der Waals surface area contributed by atoms with Crippen LogP contribution in [0.2, 0.25) is 0 Å². The van der Waals surface area contributed by atoms with Gasteiger partial charge in [0.25, 0.3) is 5.91 Å². The average molecular weight is 604 g/mol. The molecule has 0 aliphatic carbocycles. The SMILES string of the molecule is COc1cc(Cn2c3ccccc3c3c(OCCC(C)C(=O)N=O)cccc32)ccc1OCc1nc(-c2ccccc2)oc1C. The molecule has 0 fully saturated rings. The van der Waals surface area contributed by atoms with Crippen LogP contribution in [-0.2, 0) is 17.9 Å². The van der Waals surface area contributed by atoms with Crippen molar-refractivity contribution in [2.75, 3.05) is 13.7 Å². The monoisotopic (exact) mass is 603 g/mol. The highest BCUT2D eigenvalue weighted by Gasteiger charge is 2.18. The van der Waals surface area contributed by atoms with Gasteiger partial charge in [-0.1, -0.05) is 55.5 Å². The molecule has 9 nitrogen and oxygen atoms in total. The lowest BCUT2D eigenvalue weighted by atomic mass is 10.1. The van der Waals surface area contributed by atoms with Crippen molar-refractivity contribution in [3.8, 4) is 28.7 Å². The zero-order valence-corrected chi connectivity index (χ0v) is 25.4. The Kier molecular flexibility index (Phi) is 8.59. The fraction of sp³-hybridized carbons (Fsp3) is 0.222. The number of para-hydroxylation sites is 1. The van der Waals surface area contributed by atoms with Gasteiger partial charge in [0.2, 0.25) is 5.89 Å². The van der Waals surface area contributed by atoms with Crippen LogP contribution in [-0.4, -0.2) is 29.2 Å². The number of aromatic nitrogens is 2. The van der Waals surface area contributed by atoms with Crippen LogP contribution in [0.5, 0.6) is 17.2 Å². The number of carbonyl (C=O) groups is 1. The van der Waals surface area contributed by atoms with E-state index in [2.05, 4.69) is 32.9 Å². The van der Waals surface area contributed by atoms with Crippen molar-refractivity contribution in [3.05, 3.63) is 113 Å². The van der Waals surface area contributed by atoms with Crippen molar-refractivity contribution in [1.82, 2.24) is 9.55 Å². The van der Waals surface area contributed by atoms with Crippen molar-refractivity contribution in [3.63, 3.8) is 0 Å². The first-order valence-corrected chi connectivity index (χ1v) is 14.8. The van der Waals surface area contributed by atoms with Crippen LogP contribution in [0.1, 0.15) is 30.4 Å². The van der Waals surface area contributed by atoms with Gasteiger partial charge in [-0.2, -0.15) is 0 Å². The molecule has 0 N–H and O–H groups in total. The van der Waals surface area contributed by atoms with E-state index in [1.165, 1.54) is 0 Å². The Hall–Kier alpha value is -5.44. The molecule has 0 radical (unpaired) electrons. The fourth-order valence-electron chi connectivity index (χ4n) is 5.44. The van der Waals surface area contributed by atoms with E-state index in [0.29, 0.717) is 42.7 Å². The van der Waals surface area contributed by atoms with Crippen molar-refractivity contribution in [2.24, 2.45) is 11.1 Å².